The van der Waals surface area contributed by atoms with Crippen LogP contribution in [0.5, 0.6) is 11.6 Å². The van der Waals surface area contributed by atoms with Crippen molar-refractivity contribution in [3.63, 3.8) is 0 Å². The van der Waals surface area contributed by atoms with Crippen LogP contribution in [0.1, 0.15) is 18.2 Å². The number of halogens is 2. The lowest BCUT2D eigenvalue weighted by Crippen LogP contribution is -2.00. The fourth-order valence-electron chi connectivity index (χ4n) is 1.49. The van der Waals surface area contributed by atoms with Gasteiger partial charge < -0.3 is 4.74 Å². The van der Waals surface area contributed by atoms with Gasteiger partial charge in [-0.05, 0) is 31.0 Å². The molecule has 0 spiro atoms. The van der Waals surface area contributed by atoms with Gasteiger partial charge in [0.25, 0.3) is 5.88 Å². The molecule has 0 radical (unpaired) electrons. The van der Waals surface area contributed by atoms with Crippen molar-refractivity contribution in [3.8, 4) is 11.6 Å². The van der Waals surface area contributed by atoms with E-state index in [1.165, 1.54) is 6.33 Å². The Balaban J connectivity index is 2.37. The number of aryl methyl sites for hydroxylation is 2. The zero-order valence-electron chi connectivity index (χ0n) is 10.1. The molecular weight excluding hydrogens is 299 g/mol. The molecule has 0 aliphatic rings. The summed E-state index contributed by atoms with van der Waals surface area (Å²) in [6.45, 7) is 3.72. The summed E-state index contributed by atoms with van der Waals surface area (Å²) in [4.78, 5) is 7.69. The highest BCUT2D eigenvalue weighted by atomic mass is 79.9. The van der Waals surface area contributed by atoms with E-state index < -0.39 is 5.82 Å². The fourth-order valence-corrected chi connectivity index (χ4v) is 1.83. The topological polar surface area (TPSA) is 35.0 Å². The van der Waals surface area contributed by atoms with E-state index in [1.54, 1.807) is 6.07 Å². The highest BCUT2D eigenvalue weighted by Crippen LogP contribution is 2.28. The van der Waals surface area contributed by atoms with E-state index in [0.29, 0.717) is 17.9 Å². The first-order chi connectivity index (χ1) is 8.61. The molecule has 5 heteroatoms. The highest BCUT2D eigenvalue weighted by Gasteiger charge is 2.13. The van der Waals surface area contributed by atoms with Crippen molar-refractivity contribution in [2.45, 2.75) is 20.3 Å². The molecular formula is C13H12BrFN2O. The van der Waals surface area contributed by atoms with Gasteiger partial charge in [0.05, 0.1) is 5.69 Å². The standard InChI is InChI=1S/C13H12BrFN2O/c1-3-10-12(15)13(17-7-16-10)18-11-6-9(14)5-4-8(11)2/h4-7H,3H2,1-2H3. The van der Waals surface area contributed by atoms with Crippen LogP contribution in [0.25, 0.3) is 0 Å². The lowest BCUT2D eigenvalue weighted by molar-refractivity contribution is 0.412. The van der Waals surface area contributed by atoms with Gasteiger partial charge in [0.1, 0.15) is 12.1 Å². The summed E-state index contributed by atoms with van der Waals surface area (Å²) < 4.78 is 20.3. The predicted molar refractivity (Wildman–Crippen MR) is 70.3 cm³/mol. The molecule has 0 amide bonds. The first kappa shape index (κ1) is 13.0. The third kappa shape index (κ3) is 2.67. The Kier molecular flexibility index (Phi) is 3.91. The quantitative estimate of drug-likeness (QED) is 0.858. The Morgan fingerprint density at radius 2 is 2.11 bits per heavy atom. The molecule has 0 N–H and O–H groups in total. The number of benzene rings is 1. The summed E-state index contributed by atoms with van der Waals surface area (Å²) in [7, 11) is 0. The van der Waals surface area contributed by atoms with Crippen LogP contribution in [0.15, 0.2) is 29.0 Å². The van der Waals surface area contributed by atoms with Crippen LogP contribution in [-0.2, 0) is 6.42 Å². The third-order valence-corrected chi connectivity index (χ3v) is 3.01. The molecule has 0 fully saturated rings. The van der Waals surface area contributed by atoms with E-state index in [1.807, 2.05) is 26.0 Å². The summed E-state index contributed by atoms with van der Waals surface area (Å²) in [5, 5.41) is 0. The minimum atomic E-state index is -0.501. The number of aromatic nitrogens is 2. The molecule has 1 heterocycles. The van der Waals surface area contributed by atoms with Gasteiger partial charge in [0.2, 0.25) is 5.82 Å². The van der Waals surface area contributed by atoms with E-state index in [9.17, 15) is 4.39 Å². The van der Waals surface area contributed by atoms with Crippen LogP contribution in [0.2, 0.25) is 0 Å². The lowest BCUT2D eigenvalue weighted by atomic mass is 10.2. The predicted octanol–water partition coefficient (Wildman–Crippen LogP) is 4.04. The van der Waals surface area contributed by atoms with E-state index in [2.05, 4.69) is 25.9 Å². The molecule has 94 valence electrons. The molecule has 0 bridgehead atoms. The van der Waals surface area contributed by atoms with Crippen LogP contribution in [0.3, 0.4) is 0 Å². The average molecular weight is 311 g/mol. The SMILES string of the molecule is CCc1ncnc(Oc2cc(Br)ccc2C)c1F. The molecule has 0 saturated carbocycles. The largest absolute Gasteiger partial charge is 0.436 e. The van der Waals surface area contributed by atoms with Crippen LogP contribution in [0, 0.1) is 12.7 Å². The molecule has 2 aromatic rings. The molecule has 2 rings (SSSR count). The van der Waals surface area contributed by atoms with Crippen molar-refractivity contribution in [3.05, 3.63) is 46.1 Å². The Bertz CT molecular complexity index is 575. The zero-order chi connectivity index (χ0) is 13.1. The maximum absolute atomic E-state index is 13.9. The molecule has 0 unspecified atom stereocenters. The van der Waals surface area contributed by atoms with Gasteiger partial charge in [0.15, 0.2) is 0 Å². The van der Waals surface area contributed by atoms with Crippen molar-refractivity contribution in [1.29, 1.82) is 0 Å². The van der Waals surface area contributed by atoms with Crippen molar-refractivity contribution >= 4 is 15.9 Å². The normalized spacial score (nSPS) is 10.4. The summed E-state index contributed by atoms with van der Waals surface area (Å²) >= 11 is 3.35. The Labute approximate surface area is 113 Å². The number of ether oxygens (including phenoxy) is 1. The highest BCUT2D eigenvalue weighted by molar-refractivity contribution is 9.10. The smallest absolute Gasteiger partial charge is 0.259 e. The second-order valence-electron chi connectivity index (χ2n) is 3.80. The van der Waals surface area contributed by atoms with Crippen molar-refractivity contribution in [2.75, 3.05) is 0 Å². The van der Waals surface area contributed by atoms with Gasteiger partial charge in [-0.3, -0.25) is 0 Å². The summed E-state index contributed by atoms with van der Waals surface area (Å²) in [6, 6.07) is 5.57. The van der Waals surface area contributed by atoms with Crippen LogP contribution in [-0.4, -0.2) is 9.97 Å². The van der Waals surface area contributed by atoms with Gasteiger partial charge in [-0.15, -0.1) is 0 Å². The molecule has 0 aliphatic carbocycles. The molecule has 0 atom stereocenters. The minimum Gasteiger partial charge on any atom is -0.436 e. The molecule has 0 saturated heterocycles. The third-order valence-electron chi connectivity index (χ3n) is 2.52. The molecule has 1 aromatic heterocycles. The van der Waals surface area contributed by atoms with Crippen molar-refractivity contribution in [1.82, 2.24) is 9.97 Å². The van der Waals surface area contributed by atoms with Gasteiger partial charge in [-0.1, -0.05) is 28.9 Å². The summed E-state index contributed by atoms with van der Waals surface area (Å²) in [6.07, 6.45) is 1.81. The van der Waals surface area contributed by atoms with E-state index in [4.69, 9.17) is 4.74 Å². The Morgan fingerprint density at radius 3 is 2.83 bits per heavy atom. The summed E-state index contributed by atoms with van der Waals surface area (Å²) in [5.41, 5.74) is 1.27. The van der Waals surface area contributed by atoms with Crippen molar-refractivity contribution in [2.24, 2.45) is 0 Å². The summed E-state index contributed by atoms with van der Waals surface area (Å²) in [5.74, 6) is 0.0338. The monoisotopic (exact) mass is 310 g/mol. The fraction of sp³-hybridized carbons (Fsp3) is 0.231. The zero-order valence-corrected chi connectivity index (χ0v) is 11.7. The Morgan fingerprint density at radius 1 is 1.33 bits per heavy atom. The molecule has 3 nitrogen and oxygen atoms in total. The van der Waals surface area contributed by atoms with Crippen LogP contribution < -0.4 is 4.74 Å². The van der Waals surface area contributed by atoms with E-state index in [0.717, 1.165) is 10.0 Å². The minimum absolute atomic E-state index is 0.0388. The maximum atomic E-state index is 13.9. The first-order valence-corrected chi connectivity index (χ1v) is 6.34. The number of rotatable bonds is 3. The maximum Gasteiger partial charge on any atom is 0.259 e. The average Bonchev–Trinajstić information content (AvgIpc) is 2.36. The lowest BCUT2D eigenvalue weighted by Gasteiger charge is -2.09. The Hall–Kier alpha value is -1.49. The van der Waals surface area contributed by atoms with Crippen LogP contribution in [0.4, 0.5) is 4.39 Å². The van der Waals surface area contributed by atoms with Gasteiger partial charge in [-0.25, -0.2) is 4.98 Å². The van der Waals surface area contributed by atoms with Gasteiger partial charge in [-0.2, -0.15) is 9.37 Å². The van der Waals surface area contributed by atoms with Crippen LogP contribution >= 0.6 is 15.9 Å². The molecule has 1 aromatic carbocycles. The molecule has 18 heavy (non-hydrogen) atoms. The number of nitrogens with zero attached hydrogens (tertiary/aromatic N) is 2. The van der Waals surface area contributed by atoms with E-state index in [-0.39, 0.29) is 5.88 Å². The molecule has 0 aliphatic heterocycles. The van der Waals surface area contributed by atoms with E-state index >= 15 is 0 Å². The second-order valence-corrected chi connectivity index (χ2v) is 4.72. The number of hydrogen-bond acceptors (Lipinski definition) is 3. The van der Waals surface area contributed by atoms with Gasteiger partial charge in [0, 0.05) is 4.47 Å². The number of hydrogen-bond donors (Lipinski definition) is 0. The first-order valence-electron chi connectivity index (χ1n) is 5.55. The van der Waals surface area contributed by atoms with Crippen molar-refractivity contribution < 1.29 is 9.13 Å². The van der Waals surface area contributed by atoms with Gasteiger partial charge >= 0.3 is 0 Å². The second kappa shape index (κ2) is 5.44.